The van der Waals surface area contributed by atoms with Crippen LogP contribution in [-0.4, -0.2) is 28.3 Å². The molecule has 0 bridgehead atoms. The van der Waals surface area contributed by atoms with Gasteiger partial charge in [0.1, 0.15) is 5.56 Å². The molecule has 0 radical (unpaired) electrons. The highest BCUT2D eigenvalue weighted by Gasteiger charge is 2.30. The van der Waals surface area contributed by atoms with Gasteiger partial charge in [0.2, 0.25) is 0 Å². The van der Waals surface area contributed by atoms with E-state index in [9.17, 15) is 22.8 Å². The largest absolute Gasteiger partial charge is 0.452 e. The molecular weight excluding hydrogens is 327 g/mol. The topological polar surface area (TPSA) is 73.2 Å². The number of ether oxygens (including phenoxy) is 1. The van der Waals surface area contributed by atoms with E-state index in [1.165, 1.54) is 10.9 Å². The molecule has 2 rings (SSSR count). The van der Waals surface area contributed by atoms with Gasteiger partial charge >= 0.3 is 12.1 Å². The Kier molecular flexibility index (Phi) is 4.91. The average Bonchev–Trinajstić information content (AvgIpc) is 2.84. The van der Waals surface area contributed by atoms with Crippen LogP contribution in [0.5, 0.6) is 0 Å². The molecule has 0 aliphatic heterocycles. The summed E-state index contributed by atoms with van der Waals surface area (Å²) in [6.45, 7) is 1.11. The number of nitrogens with zero attached hydrogens (tertiary/aromatic N) is 2. The number of aromatic nitrogens is 2. The van der Waals surface area contributed by atoms with Crippen molar-refractivity contribution < 1.29 is 27.5 Å². The van der Waals surface area contributed by atoms with Crippen LogP contribution in [0.1, 0.15) is 21.6 Å². The molecule has 6 nitrogen and oxygen atoms in total. The molecule has 1 heterocycles. The van der Waals surface area contributed by atoms with E-state index in [1.807, 2.05) is 0 Å². The number of carbonyl (C=O) groups excluding carboxylic acids is 2. The van der Waals surface area contributed by atoms with Crippen molar-refractivity contribution in [2.75, 3.05) is 11.9 Å². The van der Waals surface area contributed by atoms with Crippen molar-refractivity contribution in [1.29, 1.82) is 0 Å². The van der Waals surface area contributed by atoms with Crippen LogP contribution in [0.4, 0.5) is 18.9 Å². The quantitative estimate of drug-likeness (QED) is 0.868. The zero-order chi connectivity index (χ0) is 17.9. The highest BCUT2D eigenvalue weighted by atomic mass is 19.4. The van der Waals surface area contributed by atoms with Crippen LogP contribution < -0.4 is 5.32 Å². The summed E-state index contributed by atoms with van der Waals surface area (Å²) in [5, 5.41) is 6.23. The Bertz CT molecular complexity index is 752. The molecule has 0 aliphatic rings. The predicted octanol–water partition coefficient (Wildman–Crippen LogP) is 2.54. The second kappa shape index (κ2) is 6.73. The van der Waals surface area contributed by atoms with E-state index >= 15 is 0 Å². The molecule has 24 heavy (non-hydrogen) atoms. The van der Waals surface area contributed by atoms with Crippen molar-refractivity contribution in [3.63, 3.8) is 0 Å². The van der Waals surface area contributed by atoms with Gasteiger partial charge in [-0.2, -0.15) is 18.3 Å². The van der Waals surface area contributed by atoms with Gasteiger partial charge in [0, 0.05) is 18.4 Å². The number of esters is 1. The van der Waals surface area contributed by atoms with Crippen LogP contribution in [-0.2, 0) is 22.8 Å². The van der Waals surface area contributed by atoms with Gasteiger partial charge in [-0.25, -0.2) is 4.79 Å². The summed E-state index contributed by atoms with van der Waals surface area (Å²) in [4.78, 5) is 23.5. The molecule has 1 N–H and O–H groups in total. The van der Waals surface area contributed by atoms with Gasteiger partial charge in [0.05, 0.1) is 11.8 Å². The van der Waals surface area contributed by atoms with E-state index in [4.69, 9.17) is 4.74 Å². The molecule has 0 saturated carbocycles. The molecule has 1 aromatic carbocycles. The molecule has 2 aromatic rings. The Morgan fingerprint density at radius 1 is 1.25 bits per heavy atom. The van der Waals surface area contributed by atoms with Crippen LogP contribution in [0.2, 0.25) is 0 Å². The van der Waals surface area contributed by atoms with E-state index < -0.39 is 30.2 Å². The van der Waals surface area contributed by atoms with Crippen molar-refractivity contribution in [3.8, 4) is 0 Å². The van der Waals surface area contributed by atoms with Crippen molar-refractivity contribution in [2.45, 2.75) is 13.1 Å². The highest BCUT2D eigenvalue weighted by molar-refractivity contribution is 5.95. The number of hydrogen-bond donors (Lipinski definition) is 1. The maximum atomic E-state index is 12.4. The highest BCUT2D eigenvalue weighted by Crippen LogP contribution is 2.29. The molecule has 0 unspecified atom stereocenters. The number of benzene rings is 1. The van der Waals surface area contributed by atoms with Crippen LogP contribution in [0.25, 0.3) is 0 Å². The van der Waals surface area contributed by atoms with Crippen LogP contribution in [0.3, 0.4) is 0 Å². The van der Waals surface area contributed by atoms with E-state index in [2.05, 4.69) is 10.4 Å². The van der Waals surface area contributed by atoms with Gasteiger partial charge in [0.15, 0.2) is 6.61 Å². The lowest BCUT2D eigenvalue weighted by atomic mass is 10.2. The van der Waals surface area contributed by atoms with Gasteiger partial charge in [-0.1, -0.05) is 0 Å². The third-order valence-electron chi connectivity index (χ3n) is 3.29. The molecule has 128 valence electrons. The Morgan fingerprint density at radius 2 is 1.88 bits per heavy atom. The average molecular weight is 341 g/mol. The van der Waals surface area contributed by atoms with E-state index in [0.29, 0.717) is 5.69 Å². The second-order valence-electron chi connectivity index (χ2n) is 4.97. The Morgan fingerprint density at radius 3 is 2.38 bits per heavy atom. The van der Waals surface area contributed by atoms with Crippen molar-refractivity contribution in [2.24, 2.45) is 7.05 Å². The first-order chi connectivity index (χ1) is 11.2. The summed E-state index contributed by atoms with van der Waals surface area (Å²) in [5.41, 5.74) is 0.170. The van der Waals surface area contributed by atoms with Gasteiger partial charge < -0.3 is 10.1 Å². The van der Waals surface area contributed by atoms with Crippen LogP contribution in [0, 0.1) is 6.92 Å². The minimum Gasteiger partial charge on any atom is -0.452 e. The minimum absolute atomic E-state index is 0.168. The number of halogens is 3. The van der Waals surface area contributed by atoms with Crippen LogP contribution in [0.15, 0.2) is 30.5 Å². The molecular formula is C15H14F3N3O3. The molecule has 0 saturated heterocycles. The maximum absolute atomic E-state index is 12.4. The number of hydrogen-bond acceptors (Lipinski definition) is 4. The standard InChI is InChI=1S/C15H14F3N3O3/c1-9-12(7-19-21(9)2)14(23)24-8-13(22)20-11-5-3-10(4-6-11)15(16,17)18/h3-7H,8H2,1-2H3,(H,20,22). The maximum Gasteiger partial charge on any atom is 0.416 e. The Balaban J connectivity index is 1.89. The lowest BCUT2D eigenvalue weighted by molar-refractivity contribution is -0.137. The second-order valence-corrected chi connectivity index (χ2v) is 4.97. The van der Waals surface area contributed by atoms with Gasteiger partial charge in [-0.3, -0.25) is 9.48 Å². The minimum atomic E-state index is -4.44. The lowest BCUT2D eigenvalue weighted by Crippen LogP contribution is -2.21. The summed E-state index contributed by atoms with van der Waals surface area (Å²) in [6, 6.07) is 3.93. The van der Waals surface area contributed by atoms with Gasteiger partial charge in [0.25, 0.3) is 5.91 Å². The predicted molar refractivity (Wildman–Crippen MR) is 78.3 cm³/mol. The molecule has 1 aromatic heterocycles. The van der Waals surface area contributed by atoms with Crippen molar-refractivity contribution in [1.82, 2.24) is 9.78 Å². The summed E-state index contributed by atoms with van der Waals surface area (Å²) < 4.78 is 43.6. The molecule has 0 spiro atoms. The normalized spacial score (nSPS) is 11.2. The van der Waals surface area contributed by atoms with E-state index in [0.717, 1.165) is 24.3 Å². The number of rotatable bonds is 4. The first-order valence-electron chi connectivity index (χ1n) is 6.81. The number of carbonyl (C=O) groups is 2. The Hall–Kier alpha value is -2.84. The molecule has 0 fully saturated rings. The van der Waals surface area contributed by atoms with Crippen LogP contribution >= 0.6 is 0 Å². The lowest BCUT2D eigenvalue weighted by Gasteiger charge is -2.09. The molecule has 0 aliphatic carbocycles. The smallest absolute Gasteiger partial charge is 0.416 e. The van der Waals surface area contributed by atoms with E-state index in [-0.39, 0.29) is 11.3 Å². The summed E-state index contributed by atoms with van der Waals surface area (Å²) in [7, 11) is 1.66. The number of amides is 1. The molecule has 1 amide bonds. The SMILES string of the molecule is Cc1c(C(=O)OCC(=O)Nc2ccc(C(F)(F)F)cc2)cnn1C. The third-order valence-corrected chi connectivity index (χ3v) is 3.29. The first-order valence-corrected chi connectivity index (χ1v) is 6.81. The molecule has 0 atom stereocenters. The monoisotopic (exact) mass is 341 g/mol. The fraction of sp³-hybridized carbons (Fsp3) is 0.267. The first kappa shape index (κ1) is 17.5. The summed E-state index contributed by atoms with van der Waals surface area (Å²) >= 11 is 0. The summed E-state index contributed by atoms with van der Waals surface area (Å²) in [5.74, 6) is -1.37. The molecule has 9 heteroatoms. The van der Waals surface area contributed by atoms with Gasteiger partial charge in [-0.15, -0.1) is 0 Å². The number of aryl methyl sites for hydroxylation is 1. The van der Waals surface area contributed by atoms with Crippen molar-refractivity contribution >= 4 is 17.6 Å². The van der Waals surface area contributed by atoms with Crippen molar-refractivity contribution in [3.05, 3.63) is 47.3 Å². The number of anilines is 1. The fourth-order valence-corrected chi connectivity index (χ4v) is 1.85. The number of alkyl halides is 3. The van der Waals surface area contributed by atoms with Gasteiger partial charge in [-0.05, 0) is 31.2 Å². The zero-order valence-corrected chi connectivity index (χ0v) is 12.8. The Labute approximate surface area is 135 Å². The third kappa shape index (κ3) is 4.12. The summed E-state index contributed by atoms with van der Waals surface area (Å²) in [6.07, 6.45) is -3.12. The zero-order valence-electron chi connectivity index (χ0n) is 12.8. The number of nitrogens with one attached hydrogen (secondary N) is 1. The fourth-order valence-electron chi connectivity index (χ4n) is 1.85. The van der Waals surface area contributed by atoms with E-state index in [1.54, 1.807) is 14.0 Å².